The molecule has 1 N–H and O–H groups in total. The van der Waals surface area contributed by atoms with Gasteiger partial charge in [0.05, 0.1) is 10.5 Å². The van der Waals surface area contributed by atoms with E-state index >= 15 is 0 Å². The van der Waals surface area contributed by atoms with Crippen LogP contribution in [0.1, 0.15) is 41.4 Å². The zero-order chi connectivity index (χ0) is 16.7. The minimum atomic E-state index is 0.0848. The molecule has 1 fully saturated rings. The lowest BCUT2D eigenvalue weighted by Gasteiger charge is -2.34. The van der Waals surface area contributed by atoms with Gasteiger partial charge in [-0.25, -0.2) is 0 Å². The third-order valence-electron chi connectivity index (χ3n) is 5.20. The first-order chi connectivity index (χ1) is 11.6. The summed E-state index contributed by atoms with van der Waals surface area (Å²) in [6.45, 7) is 4.52. The zero-order valence-corrected chi connectivity index (χ0v) is 14.7. The molecule has 2 heterocycles. The van der Waals surface area contributed by atoms with Gasteiger partial charge in [0.2, 0.25) is 0 Å². The number of carbonyl (C=O) groups excluding carboxylic acids is 1. The number of halogens is 1. The third kappa shape index (κ3) is 2.68. The maximum atomic E-state index is 12.9. The lowest BCUT2D eigenvalue weighted by Crippen LogP contribution is -2.52. The van der Waals surface area contributed by atoms with Crippen molar-refractivity contribution in [3.8, 4) is 0 Å². The van der Waals surface area contributed by atoms with Crippen LogP contribution in [0.3, 0.4) is 0 Å². The van der Waals surface area contributed by atoms with Gasteiger partial charge in [0, 0.05) is 42.3 Å². The number of rotatable bonds is 1. The van der Waals surface area contributed by atoms with E-state index in [0.717, 1.165) is 54.1 Å². The molecule has 1 amide bonds. The fourth-order valence-electron chi connectivity index (χ4n) is 3.81. The predicted octanol–water partition coefficient (Wildman–Crippen LogP) is 3.20. The molecule has 2 aromatic rings. The molecule has 5 heteroatoms. The van der Waals surface area contributed by atoms with E-state index in [9.17, 15) is 4.79 Å². The molecule has 2 aliphatic rings. The van der Waals surface area contributed by atoms with E-state index in [1.807, 2.05) is 23.1 Å². The molecule has 0 spiro atoms. The van der Waals surface area contributed by atoms with Crippen LogP contribution in [0.4, 0.5) is 0 Å². The fourth-order valence-corrected chi connectivity index (χ4v) is 4.17. The van der Waals surface area contributed by atoms with Gasteiger partial charge in [0.1, 0.15) is 0 Å². The summed E-state index contributed by atoms with van der Waals surface area (Å²) in [7, 11) is 0. The molecule has 1 unspecified atom stereocenters. The Morgan fingerprint density at radius 2 is 2.17 bits per heavy atom. The second-order valence-electron chi connectivity index (χ2n) is 6.84. The molecular weight excluding hydrogens is 322 g/mol. The summed E-state index contributed by atoms with van der Waals surface area (Å²) in [6, 6.07) is 5.97. The van der Waals surface area contributed by atoms with E-state index in [-0.39, 0.29) is 11.9 Å². The molecule has 0 bridgehead atoms. The van der Waals surface area contributed by atoms with Crippen molar-refractivity contribution in [2.24, 2.45) is 0 Å². The summed E-state index contributed by atoms with van der Waals surface area (Å²) in [5.74, 6) is 0.0848. The van der Waals surface area contributed by atoms with Gasteiger partial charge in [-0.2, -0.15) is 0 Å². The number of aryl methyl sites for hydroxylation is 1. The quantitative estimate of drug-likeness (QED) is 0.864. The molecule has 1 aliphatic carbocycles. The van der Waals surface area contributed by atoms with Crippen molar-refractivity contribution >= 4 is 28.4 Å². The lowest BCUT2D eigenvalue weighted by atomic mass is 9.94. The monoisotopic (exact) mass is 343 g/mol. The maximum absolute atomic E-state index is 12.9. The number of nitrogens with zero attached hydrogens (tertiary/aromatic N) is 2. The van der Waals surface area contributed by atoms with Crippen LogP contribution in [0.2, 0.25) is 5.02 Å². The number of fused-ring (bicyclic) bond motifs is 2. The van der Waals surface area contributed by atoms with E-state index in [1.165, 1.54) is 18.4 Å². The Hall–Kier alpha value is -1.65. The first-order valence-electron chi connectivity index (χ1n) is 8.78. The van der Waals surface area contributed by atoms with E-state index in [0.29, 0.717) is 5.56 Å². The van der Waals surface area contributed by atoms with Crippen molar-refractivity contribution in [3.63, 3.8) is 0 Å². The van der Waals surface area contributed by atoms with Crippen LogP contribution in [0, 0.1) is 0 Å². The van der Waals surface area contributed by atoms with Crippen LogP contribution in [0.15, 0.2) is 18.2 Å². The summed E-state index contributed by atoms with van der Waals surface area (Å²) < 4.78 is 0. The van der Waals surface area contributed by atoms with Crippen molar-refractivity contribution in [3.05, 3.63) is 40.0 Å². The number of pyridine rings is 1. The number of piperazine rings is 1. The summed E-state index contributed by atoms with van der Waals surface area (Å²) in [5.41, 5.74) is 3.86. The fraction of sp³-hybridized carbons (Fsp3) is 0.474. The standard InChI is InChI=1S/C19H22ClN3O/c1-12-11-21-8-9-23(12)19(24)13-6-7-15-17(10-13)22-16-5-3-2-4-14(16)18(15)20/h6-7,10,12,21H,2-5,8-9,11H2,1H3. The van der Waals surface area contributed by atoms with E-state index in [1.54, 1.807) is 0 Å². The van der Waals surface area contributed by atoms with Gasteiger partial charge in [-0.3, -0.25) is 9.78 Å². The normalized spacial score (nSPS) is 20.9. The van der Waals surface area contributed by atoms with Crippen LogP contribution in [-0.4, -0.2) is 41.5 Å². The second kappa shape index (κ2) is 6.34. The number of nitrogens with one attached hydrogen (secondary N) is 1. The number of amides is 1. The zero-order valence-electron chi connectivity index (χ0n) is 13.9. The van der Waals surface area contributed by atoms with Gasteiger partial charge >= 0.3 is 0 Å². The molecule has 4 rings (SSSR count). The van der Waals surface area contributed by atoms with Crippen molar-refractivity contribution < 1.29 is 4.79 Å². The average Bonchev–Trinajstić information content (AvgIpc) is 2.61. The van der Waals surface area contributed by atoms with E-state index < -0.39 is 0 Å². The molecule has 1 aliphatic heterocycles. The Morgan fingerprint density at radius 1 is 1.33 bits per heavy atom. The number of hydrogen-bond donors (Lipinski definition) is 1. The highest BCUT2D eigenvalue weighted by Gasteiger charge is 2.25. The first-order valence-corrected chi connectivity index (χ1v) is 9.15. The van der Waals surface area contributed by atoms with Crippen LogP contribution in [0.25, 0.3) is 10.9 Å². The smallest absolute Gasteiger partial charge is 0.254 e. The molecule has 24 heavy (non-hydrogen) atoms. The Kier molecular flexibility index (Phi) is 4.19. The molecular formula is C19H22ClN3O. The van der Waals surface area contributed by atoms with Crippen LogP contribution in [-0.2, 0) is 12.8 Å². The van der Waals surface area contributed by atoms with Crippen LogP contribution in [0.5, 0.6) is 0 Å². The molecule has 0 radical (unpaired) electrons. The highest BCUT2D eigenvalue weighted by Crippen LogP contribution is 2.33. The Bertz CT molecular complexity index is 805. The van der Waals surface area contributed by atoms with Crippen LogP contribution < -0.4 is 5.32 Å². The summed E-state index contributed by atoms with van der Waals surface area (Å²) in [5, 5.41) is 5.10. The summed E-state index contributed by atoms with van der Waals surface area (Å²) in [4.78, 5) is 19.6. The van der Waals surface area contributed by atoms with Gasteiger partial charge < -0.3 is 10.2 Å². The first kappa shape index (κ1) is 15.9. The average molecular weight is 344 g/mol. The summed E-state index contributed by atoms with van der Waals surface area (Å²) >= 11 is 6.62. The number of hydrogen-bond acceptors (Lipinski definition) is 3. The van der Waals surface area contributed by atoms with Crippen molar-refractivity contribution in [2.45, 2.75) is 38.6 Å². The van der Waals surface area contributed by atoms with Crippen molar-refractivity contribution in [1.82, 2.24) is 15.2 Å². The molecule has 0 saturated carbocycles. The van der Waals surface area contributed by atoms with Gasteiger partial charge in [-0.05, 0) is 50.3 Å². The summed E-state index contributed by atoms with van der Waals surface area (Å²) in [6.07, 6.45) is 4.34. The third-order valence-corrected chi connectivity index (χ3v) is 5.63. The lowest BCUT2D eigenvalue weighted by molar-refractivity contribution is 0.0656. The Labute approximate surface area is 147 Å². The van der Waals surface area contributed by atoms with Gasteiger partial charge in [0.25, 0.3) is 5.91 Å². The number of aromatic nitrogens is 1. The highest BCUT2D eigenvalue weighted by molar-refractivity contribution is 6.36. The highest BCUT2D eigenvalue weighted by atomic mass is 35.5. The SMILES string of the molecule is CC1CNCCN1C(=O)c1ccc2c(Cl)c3c(nc2c1)CCCC3. The predicted molar refractivity (Wildman–Crippen MR) is 96.8 cm³/mol. The molecule has 4 nitrogen and oxygen atoms in total. The Balaban J connectivity index is 1.74. The number of benzene rings is 1. The molecule has 1 aromatic carbocycles. The van der Waals surface area contributed by atoms with Crippen molar-refractivity contribution in [2.75, 3.05) is 19.6 Å². The second-order valence-corrected chi connectivity index (χ2v) is 7.22. The topological polar surface area (TPSA) is 45.2 Å². The molecule has 1 aromatic heterocycles. The Morgan fingerprint density at radius 3 is 3.00 bits per heavy atom. The number of carbonyl (C=O) groups is 1. The minimum Gasteiger partial charge on any atom is -0.333 e. The van der Waals surface area contributed by atoms with Gasteiger partial charge in [-0.1, -0.05) is 17.7 Å². The van der Waals surface area contributed by atoms with E-state index in [2.05, 4.69) is 12.2 Å². The van der Waals surface area contributed by atoms with Gasteiger partial charge in [0.15, 0.2) is 0 Å². The minimum absolute atomic E-state index is 0.0848. The van der Waals surface area contributed by atoms with Crippen LogP contribution >= 0.6 is 11.6 Å². The van der Waals surface area contributed by atoms with E-state index in [4.69, 9.17) is 16.6 Å². The molecule has 1 saturated heterocycles. The molecule has 126 valence electrons. The van der Waals surface area contributed by atoms with Gasteiger partial charge in [-0.15, -0.1) is 0 Å². The largest absolute Gasteiger partial charge is 0.333 e. The maximum Gasteiger partial charge on any atom is 0.254 e. The molecule has 1 atom stereocenters. The van der Waals surface area contributed by atoms with Crippen molar-refractivity contribution in [1.29, 1.82) is 0 Å².